The molecule has 0 aliphatic heterocycles. The van der Waals surface area contributed by atoms with Gasteiger partial charge in [-0.05, 0) is 29.8 Å². The number of ether oxygens (including phenoxy) is 1. The molecule has 0 radical (unpaired) electrons. The Bertz CT molecular complexity index is 567. The summed E-state index contributed by atoms with van der Waals surface area (Å²) < 4.78 is 5.05. The minimum atomic E-state index is -0.408. The zero-order valence-electron chi connectivity index (χ0n) is 10.5. The van der Waals surface area contributed by atoms with E-state index in [2.05, 4.69) is 10.3 Å². The van der Waals surface area contributed by atoms with E-state index in [0.717, 1.165) is 11.3 Å². The lowest BCUT2D eigenvalue weighted by Crippen LogP contribution is -2.23. The number of pyridine rings is 1. The van der Waals surface area contributed by atoms with Crippen LogP contribution in [0.4, 0.5) is 0 Å². The maximum Gasteiger partial charge on any atom is 0.273 e. The van der Waals surface area contributed by atoms with Gasteiger partial charge >= 0.3 is 0 Å². The van der Waals surface area contributed by atoms with Crippen LogP contribution in [0.25, 0.3) is 0 Å². The first-order valence-corrected chi connectivity index (χ1v) is 5.76. The maximum absolute atomic E-state index is 11.8. The van der Waals surface area contributed by atoms with Crippen LogP contribution < -0.4 is 10.1 Å². The SMILES string of the molecule is COc1ccc(CNC(=O)c2ncccc2O)cc1. The molecule has 2 N–H and O–H groups in total. The fourth-order valence-corrected chi connectivity index (χ4v) is 1.58. The molecule has 98 valence electrons. The topological polar surface area (TPSA) is 71.5 Å². The van der Waals surface area contributed by atoms with Crippen molar-refractivity contribution in [1.29, 1.82) is 0 Å². The van der Waals surface area contributed by atoms with Gasteiger partial charge in [-0.1, -0.05) is 12.1 Å². The molecule has 0 aliphatic carbocycles. The number of methoxy groups -OCH3 is 1. The van der Waals surface area contributed by atoms with Crippen molar-refractivity contribution in [3.63, 3.8) is 0 Å². The lowest BCUT2D eigenvalue weighted by Gasteiger charge is -2.06. The summed E-state index contributed by atoms with van der Waals surface area (Å²) >= 11 is 0. The first-order chi connectivity index (χ1) is 9.20. The second kappa shape index (κ2) is 5.86. The highest BCUT2D eigenvalue weighted by atomic mass is 16.5. The summed E-state index contributed by atoms with van der Waals surface area (Å²) in [7, 11) is 1.60. The summed E-state index contributed by atoms with van der Waals surface area (Å²) in [6.45, 7) is 0.360. The van der Waals surface area contributed by atoms with Gasteiger partial charge in [0, 0.05) is 12.7 Å². The molecule has 0 saturated carbocycles. The highest BCUT2D eigenvalue weighted by Crippen LogP contribution is 2.13. The average molecular weight is 258 g/mol. The Morgan fingerprint density at radius 1 is 1.32 bits per heavy atom. The molecule has 5 nitrogen and oxygen atoms in total. The van der Waals surface area contributed by atoms with Crippen LogP contribution in [0, 0.1) is 0 Å². The van der Waals surface area contributed by atoms with Crippen LogP contribution in [0.1, 0.15) is 16.1 Å². The van der Waals surface area contributed by atoms with Gasteiger partial charge in [0.05, 0.1) is 7.11 Å². The van der Waals surface area contributed by atoms with Gasteiger partial charge in [-0.2, -0.15) is 0 Å². The highest BCUT2D eigenvalue weighted by molar-refractivity contribution is 5.94. The van der Waals surface area contributed by atoms with E-state index in [1.54, 1.807) is 13.2 Å². The largest absolute Gasteiger partial charge is 0.505 e. The second-order valence-electron chi connectivity index (χ2n) is 3.90. The van der Waals surface area contributed by atoms with Gasteiger partial charge in [0.1, 0.15) is 11.5 Å². The minimum Gasteiger partial charge on any atom is -0.505 e. The molecule has 0 bridgehead atoms. The van der Waals surface area contributed by atoms with Crippen LogP contribution in [-0.4, -0.2) is 23.1 Å². The third kappa shape index (κ3) is 3.22. The van der Waals surface area contributed by atoms with Crippen LogP contribution in [0.2, 0.25) is 0 Å². The Morgan fingerprint density at radius 2 is 2.05 bits per heavy atom. The Kier molecular flexibility index (Phi) is 3.97. The van der Waals surface area contributed by atoms with Crippen LogP contribution in [-0.2, 0) is 6.54 Å². The first kappa shape index (κ1) is 12.9. The van der Waals surface area contributed by atoms with Crippen molar-refractivity contribution >= 4 is 5.91 Å². The highest BCUT2D eigenvalue weighted by Gasteiger charge is 2.11. The van der Waals surface area contributed by atoms with E-state index in [1.165, 1.54) is 12.3 Å². The number of hydrogen-bond donors (Lipinski definition) is 2. The lowest BCUT2D eigenvalue weighted by atomic mass is 10.2. The quantitative estimate of drug-likeness (QED) is 0.876. The second-order valence-corrected chi connectivity index (χ2v) is 3.90. The fraction of sp³-hybridized carbons (Fsp3) is 0.143. The normalized spacial score (nSPS) is 9.95. The summed E-state index contributed by atoms with van der Waals surface area (Å²) in [5.41, 5.74) is 0.959. The molecule has 1 aromatic heterocycles. The summed E-state index contributed by atoms with van der Waals surface area (Å²) in [5, 5.41) is 12.2. The molecule has 0 saturated heterocycles. The van der Waals surface area contributed by atoms with Crippen molar-refractivity contribution in [2.24, 2.45) is 0 Å². The third-order valence-corrected chi connectivity index (χ3v) is 2.61. The number of nitrogens with zero attached hydrogens (tertiary/aromatic N) is 1. The summed E-state index contributed by atoms with van der Waals surface area (Å²) in [4.78, 5) is 15.6. The monoisotopic (exact) mass is 258 g/mol. The van der Waals surface area contributed by atoms with Crippen molar-refractivity contribution in [3.8, 4) is 11.5 Å². The van der Waals surface area contributed by atoms with Gasteiger partial charge in [0.2, 0.25) is 0 Å². The van der Waals surface area contributed by atoms with Gasteiger partial charge in [0.25, 0.3) is 5.91 Å². The van der Waals surface area contributed by atoms with Crippen molar-refractivity contribution in [3.05, 3.63) is 53.9 Å². The number of aromatic nitrogens is 1. The molecular formula is C14H14N2O3. The molecule has 0 aliphatic rings. The van der Waals surface area contributed by atoms with Crippen molar-refractivity contribution in [2.75, 3.05) is 7.11 Å². The number of benzene rings is 1. The molecule has 0 unspecified atom stereocenters. The number of aromatic hydroxyl groups is 1. The molecule has 1 heterocycles. The van der Waals surface area contributed by atoms with Crippen LogP contribution in [0.5, 0.6) is 11.5 Å². The standard InChI is InChI=1S/C14H14N2O3/c1-19-11-6-4-10(5-7-11)9-16-14(18)13-12(17)3-2-8-15-13/h2-8,17H,9H2,1H3,(H,16,18). The van der Waals surface area contributed by atoms with Crippen LogP contribution in [0.15, 0.2) is 42.6 Å². The average Bonchev–Trinajstić information content (AvgIpc) is 2.46. The fourth-order valence-electron chi connectivity index (χ4n) is 1.58. The Hall–Kier alpha value is -2.56. The number of carbonyl (C=O) groups is 1. The number of nitrogens with one attached hydrogen (secondary N) is 1. The molecule has 5 heteroatoms. The molecule has 2 aromatic rings. The summed E-state index contributed by atoms with van der Waals surface area (Å²) in [5.74, 6) is 0.223. The molecule has 0 spiro atoms. The van der Waals surface area contributed by atoms with Crippen molar-refractivity contribution in [2.45, 2.75) is 6.54 Å². The predicted octanol–water partition coefficient (Wildman–Crippen LogP) is 1.73. The lowest BCUT2D eigenvalue weighted by molar-refractivity contribution is 0.0943. The number of hydrogen-bond acceptors (Lipinski definition) is 4. The van der Waals surface area contributed by atoms with E-state index in [9.17, 15) is 9.90 Å². The molecule has 0 fully saturated rings. The van der Waals surface area contributed by atoms with E-state index in [0.29, 0.717) is 6.54 Å². The van der Waals surface area contributed by atoms with Crippen molar-refractivity contribution < 1.29 is 14.6 Å². The van der Waals surface area contributed by atoms with Gasteiger partial charge in [-0.3, -0.25) is 4.79 Å². The Balaban J connectivity index is 1.98. The number of carbonyl (C=O) groups excluding carboxylic acids is 1. The Labute approximate surface area is 110 Å². The summed E-state index contributed by atoms with van der Waals surface area (Å²) in [6.07, 6.45) is 1.46. The minimum absolute atomic E-state index is 0.0241. The van der Waals surface area contributed by atoms with E-state index in [-0.39, 0.29) is 11.4 Å². The first-order valence-electron chi connectivity index (χ1n) is 5.76. The molecule has 0 atom stereocenters. The van der Waals surface area contributed by atoms with E-state index in [1.807, 2.05) is 24.3 Å². The van der Waals surface area contributed by atoms with E-state index in [4.69, 9.17) is 4.74 Å². The zero-order valence-corrected chi connectivity index (χ0v) is 10.5. The Morgan fingerprint density at radius 3 is 2.68 bits per heavy atom. The van der Waals surface area contributed by atoms with Gasteiger partial charge in [-0.25, -0.2) is 4.98 Å². The predicted molar refractivity (Wildman–Crippen MR) is 70.1 cm³/mol. The maximum atomic E-state index is 11.8. The molecular weight excluding hydrogens is 244 g/mol. The molecule has 2 rings (SSSR count). The van der Waals surface area contributed by atoms with Crippen LogP contribution >= 0.6 is 0 Å². The van der Waals surface area contributed by atoms with Gasteiger partial charge < -0.3 is 15.2 Å². The molecule has 1 amide bonds. The van der Waals surface area contributed by atoms with Gasteiger partial charge in [0.15, 0.2) is 5.69 Å². The van der Waals surface area contributed by atoms with E-state index >= 15 is 0 Å². The molecule has 1 aromatic carbocycles. The number of amides is 1. The van der Waals surface area contributed by atoms with Crippen LogP contribution in [0.3, 0.4) is 0 Å². The van der Waals surface area contributed by atoms with Crippen molar-refractivity contribution in [1.82, 2.24) is 10.3 Å². The number of rotatable bonds is 4. The third-order valence-electron chi connectivity index (χ3n) is 2.61. The summed E-state index contributed by atoms with van der Waals surface area (Å²) in [6, 6.07) is 10.3. The van der Waals surface area contributed by atoms with E-state index < -0.39 is 5.91 Å². The smallest absolute Gasteiger partial charge is 0.273 e. The zero-order chi connectivity index (χ0) is 13.7. The molecule has 19 heavy (non-hydrogen) atoms. The van der Waals surface area contributed by atoms with Gasteiger partial charge in [-0.15, -0.1) is 0 Å².